The molecule has 0 spiro atoms. The first kappa shape index (κ1) is 14.8. The summed E-state index contributed by atoms with van der Waals surface area (Å²) in [5.74, 6) is 1.15. The third-order valence-electron chi connectivity index (χ3n) is 2.59. The van der Waals surface area contributed by atoms with E-state index in [9.17, 15) is 4.79 Å². The minimum atomic E-state index is -0.0345. The quantitative estimate of drug-likeness (QED) is 0.826. The van der Waals surface area contributed by atoms with Gasteiger partial charge in [0.2, 0.25) is 5.91 Å². The average Bonchev–Trinajstić information content (AvgIpc) is 2.41. The number of carbonyl (C=O) groups is 1. The van der Waals surface area contributed by atoms with Crippen LogP contribution in [0.3, 0.4) is 0 Å². The lowest BCUT2D eigenvalue weighted by Gasteiger charge is -2.06. The van der Waals surface area contributed by atoms with Gasteiger partial charge in [0, 0.05) is 22.2 Å². The molecule has 0 aromatic heterocycles. The SMILES string of the molecule is Nc1ccc(CSCC(=O)Nc2cccc(Cl)c2)cc1. The van der Waals surface area contributed by atoms with Crippen molar-refractivity contribution in [1.82, 2.24) is 0 Å². The van der Waals surface area contributed by atoms with Gasteiger partial charge in [0.1, 0.15) is 0 Å². The van der Waals surface area contributed by atoms with Crippen LogP contribution in [0.5, 0.6) is 0 Å². The van der Waals surface area contributed by atoms with Crippen molar-refractivity contribution >= 4 is 40.6 Å². The third kappa shape index (κ3) is 4.79. The minimum absolute atomic E-state index is 0.0345. The van der Waals surface area contributed by atoms with E-state index < -0.39 is 0 Å². The molecule has 0 unspecified atom stereocenters. The van der Waals surface area contributed by atoms with E-state index in [2.05, 4.69) is 5.32 Å². The Morgan fingerprint density at radius 3 is 2.65 bits per heavy atom. The largest absolute Gasteiger partial charge is 0.399 e. The fraction of sp³-hybridized carbons (Fsp3) is 0.133. The molecule has 2 aromatic rings. The molecule has 3 nitrogen and oxygen atoms in total. The first-order valence-corrected chi connectivity index (χ1v) is 7.64. The van der Waals surface area contributed by atoms with Crippen molar-refractivity contribution in [3.8, 4) is 0 Å². The summed E-state index contributed by atoms with van der Waals surface area (Å²) >= 11 is 7.42. The Hall–Kier alpha value is -1.65. The van der Waals surface area contributed by atoms with Crippen LogP contribution in [-0.2, 0) is 10.5 Å². The van der Waals surface area contributed by atoms with Crippen molar-refractivity contribution in [3.63, 3.8) is 0 Å². The molecule has 104 valence electrons. The van der Waals surface area contributed by atoms with Crippen LogP contribution in [0.4, 0.5) is 11.4 Å². The molecule has 0 aliphatic heterocycles. The number of amides is 1. The molecule has 0 aliphatic carbocycles. The Bertz CT molecular complexity index is 587. The van der Waals surface area contributed by atoms with Crippen molar-refractivity contribution in [2.75, 3.05) is 16.8 Å². The maximum atomic E-state index is 11.8. The Balaban J connectivity index is 1.76. The Labute approximate surface area is 127 Å². The molecule has 2 aromatic carbocycles. The van der Waals surface area contributed by atoms with Crippen molar-refractivity contribution in [2.24, 2.45) is 0 Å². The normalized spacial score (nSPS) is 10.2. The van der Waals surface area contributed by atoms with E-state index in [-0.39, 0.29) is 5.91 Å². The van der Waals surface area contributed by atoms with Gasteiger partial charge < -0.3 is 11.1 Å². The van der Waals surface area contributed by atoms with Gasteiger partial charge in [-0.25, -0.2) is 0 Å². The van der Waals surface area contributed by atoms with Gasteiger partial charge in [0.15, 0.2) is 0 Å². The molecule has 0 atom stereocenters. The number of benzene rings is 2. The lowest BCUT2D eigenvalue weighted by molar-refractivity contribution is -0.113. The van der Waals surface area contributed by atoms with Gasteiger partial charge in [0.05, 0.1) is 5.75 Å². The standard InChI is InChI=1S/C15H15ClN2OS/c16-12-2-1-3-14(8-12)18-15(19)10-20-9-11-4-6-13(17)7-5-11/h1-8H,9-10,17H2,(H,18,19). The van der Waals surface area contributed by atoms with Crippen LogP contribution >= 0.6 is 23.4 Å². The molecule has 20 heavy (non-hydrogen) atoms. The van der Waals surface area contributed by atoms with Crippen LogP contribution in [0, 0.1) is 0 Å². The first-order valence-electron chi connectivity index (χ1n) is 6.11. The predicted octanol–water partition coefficient (Wildman–Crippen LogP) is 3.79. The average molecular weight is 307 g/mol. The highest BCUT2D eigenvalue weighted by atomic mass is 35.5. The zero-order chi connectivity index (χ0) is 14.4. The molecular formula is C15H15ClN2OS. The topological polar surface area (TPSA) is 55.1 Å². The smallest absolute Gasteiger partial charge is 0.234 e. The van der Waals surface area contributed by atoms with Gasteiger partial charge in [-0.15, -0.1) is 11.8 Å². The number of thioether (sulfide) groups is 1. The molecule has 0 aliphatic rings. The van der Waals surface area contributed by atoms with Crippen LogP contribution in [-0.4, -0.2) is 11.7 Å². The predicted molar refractivity (Wildman–Crippen MR) is 87.1 cm³/mol. The Morgan fingerprint density at radius 1 is 1.20 bits per heavy atom. The molecule has 0 heterocycles. The number of hydrogen-bond donors (Lipinski definition) is 2. The van der Waals surface area contributed by atoms with E-state index >= 15 is 0 Å². The van der Waals surface area contributed by atoms with Crippen LogP contribution in [0.25, 0.3) is 0 Å². The Kier molecular flexibility index (Phi) is 5.32. The van der Waals surface area contributed by atoms with Crippen LogP contribution in [0.1, 0.15) is 5.56 Å². The Morgan fingerprint density at radius 2 is 1.95 bits per heavy atom. The maximum absolute atomic E-state index is 11.8. The number of nitrogens with two attached hydrogens (primary N) is 1. The summed E-state index contributed by atoms with van der Waals surface area (Å²) in [4.78, 5) is 11.8. The molecule has 3 N–H and O–H groups in total. The lowest BCUT2D eigenvalue weighted by Crippen LogP contribution is -2.14. The van der Waals surface area contributed by atoms with Gasteiger partial charge in [-0.05, 0) is 35.9 Å². The highest BCUT2D eigenvalue weighted by Gasteiger charge is 2.03. The summed E-state index contributed by atoms with van der Waals surface area (Å²) < 4.78 is 0. The molecule has 1 amide bonds. The van der Waals surface area contributed by atoms with Gasteiger partial charge >= 0.3 is 0 Å². The second-order valence-electron chi connectivity index (χ2n) is 4.29. The summed E-state index contributed by atoms with van der Waals surface area (Å²) in [5, 5.41) is 3.42. The van der Waals surface area contributed by atoms with Crippen molar-refractivity contribution < 1.29 is 4.79 Å². The summed E-state index contributed by atoms with van der Waals surface area (Å²) in [7, 11) is 0. The highest BCUT2D eigenvalue weighted by molar-refractivity contribution is 7.99. The minimum Gasteiger partial charge on any atom is -0.399 e. The zero-order valence-corrected chi connectivity index (χ0v) is 12.4. The number of rotatable bonds is 5. The number of carbonyl (C=O) groups excluding carboxylic acids is 1. The van der Waals surface area contributed by atoms with E-state index in [0.29, 0.717) is 10.8 Å². The second-order valence-corrected chi connectivity index (χ2v) is 5.71. The van der Waals surface area contributed by atoms with Gasteiger partial charge in [0.25, 0.3) is 0 Å². The fourth-order valence-corrected chi connectivity index (χ4v) is 2.62. The number of anilines is 2. The van der Waals surface area contributed by atoms with E-state index in [1.165, 1.54) is 0 Å². The monoisotopic (exact) mass is 306 g/mol. The van der Waals surface area contributed by atoms with E-state index in [0.717, 1.165) is 22.7 Å². The fourth-order valence-electron chi connectivity index (χ4n) is 1.64. The summed E-state index contributed by atoms with van der Waals surface area (Å²) in [6.07, 6.45) is 0. The number of halogens is 1. The molecule has 0 fully saturated rings. The molecule has 0 radical (unpaired) electrons. The molecular weight excluding hydrogens is 292 g/mol. The van der Waals surface area contributed by atoms with Gasteiger partial charge in [-0.1, -0.05) is 29.8 Å². The van der Waals surface area contributed by atoms with E-state index in [1.807, 2.05) is 30.3 Å². The molecule has 5 heteroatoms. The second kappa shape index (κ2) is 7.22. The van der Waals surface area contributed by atoms with Crippen molar-refractivity contribution in [3.05, 3.63) is 59.1 Å². The van der Waals surface area contributed by atoms with Crippen LogP contribution in [0.2, 0.25) is 5.02 Å². The van der Waals surface area contributed by atoms with Crippen LogP contribution in [0.15, 0.2) is 48.5 Å². The molecule has 0 bridgehead atoms. The van der Waals surface area contributed by atoms with Crippen molar-refractivity contribution in [1.29, 1.82) is 0 Å². The highest BCUT2D eigenvalue weighted by Crippen LogP contribution is 2.17. The summed E-state index contributed by atoms with van der Waals surface area (Å²) in [6, 6.07) is 14.8. The molecule has 2 rings (SSSR count). The summed E-state index contributed by atoms with van der Waals surface area (Å²) in [6.45, 7) is 0. The van der Waals surface area contributed by atoms with Crippen molar-refractivity contribution in [2.45, 2.75) is 5.75 Å². The van der Waals surface area contributed by atoms with Gasteiger partial charge in [-0.2, -0.15) is 0 Å². The maximum Gasteiger partial charge on any atom is 0.234 e. The number of nitrogen functional groups attached to an aromatic ring is 1. The number of nitrogens with one attached hydrogen (secondary N) is 1. The van der Waals surface area contributed by atoms with Gasteiger partial charge in [-0.3, -0.25) is 4.79 Å². The van der Waals surface area contributed by atoms with E-state index in [1.54, 1.807) is 30.0 Å². The third-order valence-corrected chi connectivity index (χ3v) is 3.83. The zero-order valence-electron chi connectivity index (χ0n) is 10.8. The van der Waals surface area contributed by atoms with E-state index in [4.69, 9.17) is 17.3 Å². The van der Waals surface area contributed by atoms with Crippen LogP contribution < -0.4 is 11.1 Å². The number of hydrogen-bond acceptors (Lipinski definition) is 3. The molecule has 0 saturated carbocycles. The first-order chi connectivity index (χ1) is 9.63. The molecule has 0 saturated heterocycles. The summed E-state index contributed by atoms with van der Waals surface area (Å²) in [5.41, 5.74) is 8.24. The lowest BCUT2D eigenvalue weighted by atomic mass is 10.2.